The van der Waals surface area contributed by atoms with Crippen LogP contribution in [0.1, 0.15) is 26.2 Å². The molecular formula is C9H20NO5P. The number of ether oxygens (including phenoxy) is 1. The van der Waals surface area contributed by atoms with Crippen LogP contribution in [0.5, 0.6) is 0 Å². The molecule has 0 saturated carbocycles. The first-order chi connectivity index (χ1) is 7.54. The number of carbonyl (C=O) groups excluding carboxylic acids is 1. The fourth-order valence-electron chi connectivity index (χ4n) is 0.980. The van der Waals surface area contributed by atoms with E-state index in [4.69, 9.17) is 4.89 Å². The van der Waals surface area contributed by atoms with Gasteiger partial charge in [0.15, 0.2) is 0 Å². The minimum atomic E-state index is -4.23. The van der Waals surface area contributed by atoms with Gasteiger partial charge < -0.3 is 19.5 Å². The zero-order valence-corrected chi connectivity index (χ0v) is 10.7. The molecule has 0 aliphatic rings. The number of hydrogen-bond acceptors (Lipinski definition) is 5. The minimum Gasteiger partial charge on any atom is -0.460 e. The Labute approximate surface area is 95.9 Å². The van der Waals surface area contributed by atoms with E-state index in [0.29, 0.717) is 13.0 Å². The van der Waals surface area contributed by atoms with Crippen molar-refractivity contribution < 1.29 is 23.5 Å². The highest BCUT2D eigenvalue weighted by Gasteiger charge is 2.31. The fraction of sp³-hybridized carbons (Fsp3) is 0.889. The van der Waals surface area contributed by atoms with E-state index in [1.54, 1.807) is 0 Å². The second-order valence-corrected chi connectivity index (χ2v) is 4.94. The quantitative estimate of drug-likeness (QED) is 0.481. The molecule has 0 saturated heterocycles. The Morgan fingerprint density at radius 3 is 2.56 bits per heavy atom. The summed E-state index contributed by atoms with van der Waals surface area (Å²) >= 11 is 0. The lowest BCUT2D eigenvalue weighted by Crippen LogP contribution is -2.18. The SMILES string of the molecule is CCCCNCCCOP(=O)(O)C(=O)OC. The lowest BCUT2D eigenvalue weighted by atomic mass is 10.3. The Morgan fingerprint density at radius 2 is 2.00 bits per heavy atom. The second-order valence-electron chi connectivity index (χ2n) is 3.28. The molecule has 0 aromatic carbocycles. The van der Waals surface area contributed by atoms with E-state index in [-0.39, 0.29) is 6.61 Å². The van der Waals surface area contributed by atoms with Gasteiger partial charge in [-0.25, -0.2) is 9.36 Å². The van der Waals surface area contributed by atoms with Crippen molar-refractivity contribution in [3.05, 3.63) is 0 Å². The van der Waals surface area contributed by atoms with E-state index >= 15 is 0 Å². The number of nitrogens with one attached hydrogen (secondary N) is 1. The van der Waals surface area contributed by atoms with E-state index in [9.17, 15) is 9.36 Å². The molecule has 0 aromatic rings. The predicted molar refractivity (Wildman–Crippen MR) is 60.6 cm³/mol. The average molecular weight is 253 g/mol. The monoisotopic (exact) mass is 253 g/mol. The maximum absolute atomic E-state index is 11.1. The zero-order chi connectivity index (χ0) is 12.4. The van der Waals surface area contributed by atoms with Gasteiger partial charge in [-0.05, 0) is 25.9 Å². The molecule has 1 unspecified atom stereocenters. The third kappa shape index (κ3) is 6.95. The molecule has 0 aliphatic heterocycles. The van der Waals surface area contributed by atoms with Crippen molar-refractivity contribution in [3.63, 3.8) is 0 Å². The van der Waals surface area contributed by atoms with Crippen molar-refractivity contribution in [2.75, 3.05) is 26.8 Å². The number of unbranched alkanes of at least 4 members (excludes halogenated alkanes) is 1. The minimum absolute atomic E-state index is 0.0575. The number of methoxy groups -OCH3 is 1. The molecule has 2 N–H and O–H groups in total. The van der Waals surface area contributed by atoms with Gasteiger partial charge in [-0.1, -0.05) is 13.3 Å². The third-order valence-electron chi connectivity index (χ3n) is 1.88. The summed E-state index contributed by atoms with van der Waals surface area (Å²) in [6, 6.07) is 0. The van der Waals surface area contributed by atoms with Crippen LogP contribution in [0.3, 0.4) is 0 Å². The molecule has 0 radical (unpaired) electrons. The molecule has 0 heterocycles. The molecule has 0 aliphatic carbocycles. The zero-order valence-electron chi connectivity index (χ0n) is 9.77. The average Bonchev–Trinajstić information content (AvgIpc) is 2.26. The van der Waals surface area contributed by atoms with Crippen LogP contribution in [0.15, 0.2) is 0 Å². The highest BCUT2D eigenvalue weighted by molar-refractivity contribution is 7.70. The summed E-state index contributed by atoms with van der Waals surface area (Å²) in [5.74, 6) is 0. The topological polar surface area (TPSA) is 84.9 Å². The Hall–Kier alpha value is -0.420. The molecule has 0 bridgehead atoms. The first-order valence-corrected chi connectivity index (χ1v) is 6.89. The number of hydrogen-bond donors (Lipinski definition) is 2. The maximum Gasteiger partial charge on any atom is 0.435 e. The number of carbonyl (C=O) groups is 1. The van der Waals surface area contributed by atoms with Crippen LogP contribution in [0.4, 0.5) is 4.79 Å². The first kappa shape index (κ1) is 15.6. The van der Waals surface area contributed by atoms with E-state index in [0.717, 1.165) is 26.5 Å². The molecule has 7 heteroatoms. The van der Waals surface area contributed by atoms with Crippen LogP contribution in [0.25, 0.3) is 0 Å². The highest BCUT2D eigenvalue weighted by atomic mass is 31.2. The Morgan fingerprint density at radius 1 is 1.38 bits per heavy atom. The molecule has 96 valence electrons. The molecule has 0 rings (SSSR count). The maximum atomic E-state index is 11.1. The van der Waals surface area contributed by atoms with Gasteiger partial charge >= 0.3 is 13.3 Å². The van der Waals surface area contributed by atoms with Crippen molar-refractivity contribution in [1.29, 1.82) is 0 Å². The van der Waals surface area contributed by atoms with Crippen LogP contribution in [-0.2, 0) is 13.8 Å². The summed E-state index contributed by atoms with van der Waals surface area (Å²) in [5, 5.41) is 3.15. The highest BCUT2D eigenvalue weighted by Crippen LogP contribution is 2.43. The van der Waals surface area contributed by atoms with Gasteiger partial charge in [0.1, 0.15) is 0 Å². The van der Waals surface area contributed by atoms with Crippen LogP contribution in [-0.4, -0.2) is 37.4 Å². The summed E-state index contributed by atoms with van der Waals surface area (Å²) in [7, 11) is -3.19. The molecule has 1 atom stereocenters. The Kier molecular flexibility index (Phi) is 8.47. The first-order valence-electron chi connectivity index (χ1n) is 5.31. The fourth-order valence-corrected chi connectivity index (χ4v) is 1.69. The van der Waals surface area contributed by atoms with Gasteiger partial charge in [0.2, 0.25) is 0 Å². The van der Waals surface area contributed by atoms with Crippen molar-refractivity contribution in [3.8, 4) is 0 Å². The van der Waals surface area contributed by atoms with E-state index < -0.39 is 13.3 Å². The van der Waals surface area contributed by atoms with E-state index in [1.165, 1.54) is 0 Å². The van der Waals surface area contributed by atoms with Crippen LogP contribution < -0.4 is 5.32 Å². The van der Waals surface area contributed by atoms with Gasteiger partial charge in [0.05, 0.1) is 13.7 Å². The standard InChI is InChI=1S/C9H20NO5P/c1-3-4-6-10-7-5-8-15-16(12,13)9(11)14-2/h10H,3-8H2,1-2H3,(H,12,13). The molecule has 0 fully saturated rings. The summed E-state index contributed by atoms with van der Waals surface area (Å²) < 4.78 is 19.8. The van der Waals surface area contributed by atoms with Crippen LogP contribution in [0.2, 0.25) is 0 Å². The third-order valence-corrected chi connectivity index (χ3v) is 3.05. The summed E-state index contributed by atoms with van der Waals surface area (Å²) in [6.07, 6.45) is 2.80. The van der Waals surface area contributed by atoms with Gasteiger partial charge in [-0.15, -0.1) is 0 Å². The van der Waals surface area contributed by atoms with Crippen molar-refractivity contribution in [2.45, 2.75) is 26.2 Å². The van der Waals surface area contributed by atoms with Gasteiger partial charge in [0, 0.05) is 0 Å². The second kappa shape index (κ2) is 8.70. The number of rotatable bonds is 9. The smallest absolute Gasteiger partial charge is 0.435 e. The molecule has 0 amide bonds. The summed E-state index contributed by atoms with van der Waals surface area (Å²) in [6.45, 7) is 3.77. The van der Waals surface area contributed by atoms with Gasteiger partial charge in [0.25, 0.3) is 0 Å². The summed E-state index contributed by atoms with van der Waals surface area (Å²) in [4.78, 5) is 19.8. The van der Waals surface area contributed by atoms with E-state index in [1.807, 2.05) is 0 Å². The Bertz CT molecular complexity index is 246. The largest absolute Gasteiger partial charge is 0.460 e. The van der Waals surface area contributed by atoms with Crippen LogP contribution >= 0.6 is 7.60 Å². The lowest BCUT2D eigenvalue weighted by molar-refractivity contribution is 0.177. The normalized spacial score (nSPS) is 14.4. The molecule has 6 nitrogen and oxygen atoms in total. The van der Waals surface area contributed by atoms with Gasteiger partial charge in [-0.2, -0.15) is 0 Å². The van der Waals surface area contributed by atoms with Gasteiger partial charge in [-0.3, -0.25) is 0 Å². The molecule has 0 spiro atoms. The molecule has 0 aromatic heterocycles. The van der Waals surface area contributed by atoms with E-state index in [2.05, 4.69) is 21.5 Å². The summed E-state index contributed by atoms with van der Waals surface area (Å²) in [5.41, 5.74) is -1.22. The molecule has 16 heavy (non-hydrogen) atoms. The predicted octanol–water partition coefficient (Wildman–Crippen LogP) is 1.73. The van der Waals surface area contributed by atoms with Crippen molar-refractivity contribution in [1.82, 2.24) is 5.32 Å². The van der Waals surface area contributed by atoms with Crippen LogP contribution in [0, 0.1) is 0 Å². The Balaban J connectivity index is 3.51. The van der Waals surface area contributed by atoms with Crippen molar-refractivity contribution in [2.24, 2.45) is 0 Å². The van der Waals surface area contributed by atoms with Crippen molar-refractivity contribution >= 4 is 13.3 Å². The lowest BCUT2D eigenvalue weighted by Gasteiger charge is -2.09. The molecular weight excluding hydrogens is 233 g/mol.